The fraction of sp³-hybridized carbons (Fsp3) is 0.400. The fourth-order valence-corrected chi connectivity index (χ4v) is 3.10. The molecule has 3 rings (SSSR count). The first-order valence-electron chi connectivity index (χ1n) is 7.43. The summed E-state index contributed by atoms with van der Waals surface area (Å²) in [5.41, 5.74) is 0.0492. The minimum atomic E-state index is -3.53. The largest absolute Gasteiger partial charge is 0.412 e. The summed E-state index contributed by atoms with van der Waals surface area (Å²) in [6, 6.07) is 5.87. The van der Waals surface area contributed by atoms with E-state index in [2.05, 4.69) is 10.2 Å². The maximum absolute atomic E-state index is 13.7. The van der Waals surface area contributed by atoms with Gasteiger partial charge in [-0.05, 0) is 25.0 Å². The Labute approximate surface area is 138 Å². The average Bonchev–Trinajstić information content (AvgIpc) is 3.05. The number of rotatable bonds is 3. The van der Waals surface area contributed by atoms with Crippen molar-refractivity contribution in [2.75, 3.05) is 19.3 Å². The molecule has 1 aromatic heterocycles. The van der Waals surface area contributed by atoms with E-state index < -0.39 is 20.9 Å². The van der Waals surface area contributed by atoms with Crippen LogP contribution in [0.1, 0.15) is 35.0 Å². The van der Waals surface area contributed by atoms with Crippen molar-refractivity contribution in [1.82, 2.24) is 15.1 Å². The Morgan fingerprint density at radius 3 is 2.50 bits per heavy atom. The van der Waals surface area contributed by atoms with E-state index in [1.807, 2.05) is 0 Å². The second-order valence-electron chi connectivity index (χ2n) is 5.72. The highest BCUT2D eigenvalue weighted by Crippen LogP contribution is 2.28. The second kappa shape index (κ2) is 6.31. The van der Waals surface area contributed by atoms with Gasteiger partial charge in [0.15, 0.2) is 0 Å². The van der Waals surface area contributed by atoms with Gasteiger partial charge in [-0.1, -0.05) is 17.2 Å². The molecule has 0 saturated carbocycles. The van der Waals surface area contributed by atoms with E-state index in [4.69, 9.17) is 4.42 Å². The molecule has 0 unspecified atom stereocenters. The van der Waals surface area contributed by atoms with Crippen LogP contribution in [0, 0.1) is 5.82 Å². The number of carbonyl (C=O) groups is 1. The summed E-state index contributed by atoms with van der Waals surface area (Å²) in [6.45, 7) is 0.822. The lowest BCUT2D eigenvalue weighted by Gasteiger charge is -2.30. The summed E-state index contributed by atoms with van der Waals surface area (Å²) in [5.74, 6) is -0.751. The van der Waals surface area contributed by atoms with Gasteiger partial charge in [0.05, 0.1) is 5.56 Å². The number of aromatic nitrogens is 2. The molecule has 9 heteroatoms. The van der Waals surface area contributed by atoms with Crippen molar-refractivity contribution in [2.45, 2.75) is 24.0 Å². The Hall–Kier alpha value is -2.29. The average molecular weight is 353 g/mol. The third-order valence-corrected chi connectivity index (χ3v) is 4.77. The molecular weight excluding hydrogens is 337 g/mol. The minimum absolute atomic E-state index is 0.0492. The molecule has 1 aromatic carbocycles. The first-order valence-corrected chi connectivity index (χ1v) is 9.32. The molecule has 1 aliphatic rings. The van der Waals surface area contributed by atoms with E-state index in [-0.39, 0.29) is 23.3 Å². The van der Waals surface area contributed by atoms with Crippen LogP contribution in [-0.4, -0.2) is 48.8 Å². The summed E-state index contributed by atoms with van der Waals surface area (Å²) in [4.78, 5) is 13.9. The van der Waals surface area contributed by atoms with E-state index in [0.29, 0.717) is 25.9 Å². The van der Waals surface area contributed by atoms with Gasteiger partial charge in [-0.25, -0.2) is 12.8 Å². The molecule has 1 saturated heterocycles. The number of piperidine rings is 1. The molecule has 128 valence electrons. The molecule has 2 heterocycles. The summed E-state index contributed by atoms with van der Waals surface area (Å²) in [5, 5.41) is 6.93. The third kappa shape index (κ3) is 3.30. The molecule has 1 fully saturated rings. The highest BCUT2D eigenvalue weighted by molar-refractivity contribution is 7.90. The number of nitrogens with zero attached hydrogens (tertiary/aromatic N) is 3. The number of halogens is 1. The van der Waals surface area contributed by atoms with Gasteiger partial charge in [-0.3, -0.25) is 4.79 Å². The molecule has 2 aromatic rings. The Balaban J connectivity index is 1.67. The molecule has 24 heavy (non-hydrogen) atoms. The quantitative estimate of drug-likeness (QED) is 0.833. The van der Waals surface area contributed by atoms with Crippen LogP contribution in [0.25, 0.3) is 0 Å². The van der Waals surface area contributed by atoms with Crippen LogP contribution < -0.4 is 0 Å². The first-order chi connectivity index (χ1) is 11.4. The SMILES string of the molecule is CS(=O)(=O)c1nnc(C2CCN(C(=O)c3ccccc3F)CC2)o1. The monoisotopic (exact) mass is 353 g/mol. The smallest absolute Gasteiger partial charge is 0.335 e. The van der Waals surface area contributed by atoms with Crippen LogP contribution in [-0.2, 0) is 9.84 Å². The molecule has 0 N–H and O–H groups in total. The Morgan fingerprint density at radius 1 is 1.25 bits per heavy atom. The van der Waals surface area contributed by atoms with Gasteiger partial charge >= 0.3 is 5.22 Å². The number of sulfone groups is 1. The topological polar surface area (TPSA) is 93.4 Å². The number of amides is 1. The van der Waals surface area contributed by atoms with Gasteiger partial charge in [-0.2, -0.15) is 0 Å². The predicted molar refractivity (Wildman–Crippen MR) is 81.7 cm³/mol. The van der Waals surface area contributed by atoms with Crippen LogP contribution in [0.15, 0.2) is 33.9 Å². The van der Waals surface area contributed by atoms with Crippen molar-refractivity contribution < 1.29 is 22.0 Å². The summed E-state index contributed by atoms with van der Waals surface area (Å²) < 4.78 is 41.7. The lowest BCUT2D eigenvalue weighted by molar-refractivity contribution is 0.0700. The Bertz CT molecular complexity index is 857. The van der Waals surface area contributed by atoms with Crippen molar-refractivity contribution >= 4 is 15.7 Å². The zero-order valence-corrected chi connectivity index (χ0v) is 13.8. The predicted octanol–water partition coefficient (Wildman–Crippen LogP) is 1.63. The molecule has 1 amide bonds. The third-order valence-electron chi connectivity index (χ3n) is 3.97. The number of likely N-dealkylation sites (tertiary alicyclic amines) is 1. The van der Waals surface area contributed by atoms with Crippen LogP contribution in [0.4, 0.5) is 4.39 Å². The molecule has 7 nitrogen and oxygen atoms in total. The number of benzene rings is 1. The Kier molecular flexibility index (Phi) is 4.35. The lowest BCUT2D eigenvalue weighted by Crippen LogP contribution is -2.38. The summed E-state index contributed by atoms with van der Waals surface area (Å²) in [6.07, 6.45) is 2.09. The van der Waals surface area contributed by atoms with Crippen LogP contribution in [0.5, 0.6) is 0 Å². The van der Waals surface area contributed by atoms with Crippen LogP contribution >= 0.6 is 0 Å². The van der Waals surface area contributed by atoms with E-state index in [1.165, 1.54) is 18.2 Å². The lowest BCUT2D eigenvalue weighted by atomic mass is 9.96. The second-order valence-corrected chi connectivity index (χ2v) is 7.62. The molecule has 0 spiro atoms. The van der Waals surface area contributed by atoms with E-state index in [0.717, 1.165) is 6.26 Å². The van der Waals surface area contributed by atoms with Crippen molar-refractivity contribution in [1.29, 1.82) is 0 Å². The number of hydrogen-bond acceptors (Lipinski definition) is 6. The molecular formula is C15H16FN3O4S. The van der Waals surface area contributed by atoms with Crippen molar-refractivity contribution in [3.8, 4) is 0 Å². The summed E-state index contributed by atoms with van der Waals surface area (Å²) in [7, 11) is -3.53. The van der Waals surface area contributed by atoms with E-state index in [1.54, 1.807) is 11.0 Å². The maximum atomic E-state index is 13.7. The zero-order valence-electron chi connectivity index (χ0n) is 13.0. The Morgan fingerprint density at radius 2 is 1.92 bits per heavy atom. The molecule has 0 bridgehead atoms. The van der Waals surface area contributed by atoms with Crippen LogP contribution in [0.2, 0.25) is 0 Å². The van der Waals surface area contributed by atoms with E-state index >= 15 is 0 Å². The zero-order chi connectivity index (χ0) is 17.3. The van der Waals surface area contributed by atoms with Crippen LogP contribution in [0.3, 0.4) is 0 Å². The van der Waals surface area contributed by atoms with Gasteiger partial charge < -0.3 is 9.32 Å². The molecule has 1 aliphatic heterocycles. The fourth-order valence-electron chi connectivity index (χ4n) is 2.67. The van der Waals surface area contributed by atoms with Crippen molar-refractivity contribution in [3.05, 3.63) is 41.5 Å². The van der Waals surface area contributed by atoms with Gasteiger partial charge in [0.1, 0.15) is 5.82 Å². The maximum Gasteiger partial charge on any atom is 0.335 e. The summed E-state index contributed by atoms with van der Waals surface area (Å²) >= 11 is 0. The van der Waals surface area contributed by atoms with E-state index in [9.17, 15) is 17.6 Å². The first kappa shape index (κ1) is 16.6. The molecule has 0 atom stereocenters. The normalized spacial score (nSPS) is 16.3. The number of hydrogen-bond donors (Lipinski definition) is 0. The molecule has 0 radical (unpaired) electrons. The molecule has 0 aliphatic carbocycles. The van der Waals surface area contributed by atoms with Gasteiger partial charge in [0, 0.05) is 25.3 Å². The van der Waals surface area contributed by atoms with Gasteiger partial charge in [0.2, 0.25) is 15.7 Å². The van der Waals surface area contributed by atoms with Crippen molar-refractivity contribution in [2.24, 2.45) is 0 Å². The van der Waals surface area contributed by atoms with Gasteiger partial charge in [-0.15, -0.1) is 5.10 Å². The number of carbonyl (C=O) groups excluding carboxylic acids is 1. The highest BCUT2D eigenvalue weighted by Gasteiger charge is 2.29. The highest BCUT2D eigenvalue weighted by atomic mass is 32.2. The minimum Gasteiger partial charge on any atom is -0.412 e. The standard InChI is InChI=1S/C15H16FN3O4S/c1-24(21,22)15-18-17-13(23-15)10-6-8-19(9-7-10)14(20)11-4-2-3-5-12(11)16/h2-5,10H,6-9H2,1H3. The van der Waals surface area contributed by atoms with Gasteiger partial charge in [0.25, 0.3) is 5.91 Å². The van der Waals surface area contributed by atoms with Crippen molar-refractivity contribution in [3.63, 3.8) is 0 Å².